The van der Waals surface area contributed by atoms with Gasteiger partial charge in [-0.05, 0) is 62.2 Å². The summed E-state index contributed by atoms with van der Waals surface area (Å²) in [6.07, 6.45) is 5.83. The zero-order chi connectivity index (χ0) is 23.0. The monoisotopic (exact) mass is 477 g/mol. The van der Waals surface area contributed by atoms with Gasteiger partial charge in [0.1, 0.15) is 11.6 Å². The third-order valence-electron chi connectivity index (χ3n) is 5.01. The van der Waals surface area contributed by atoms with Gasteiger partial charge in [0.05, 0.1) is 17.3 Å². The third kappa shape index (κ3) is 7.32. The number of hydrogen-bond donors (Lipinski definition) is 2. The summed E-state index contributed by atoms with van der Waals surface area (Å²) in [5.41, 5.74) is 0.312. The molecule has 0 bridgehead atoms. The van der Waals surface area contributed by atoms with Gasteiger partial charge in [-0.25, -0.2) is 13.4 Å². The molecule has 172 valence electrons. The zero-order valence-corrected chi connectivity index (χ0v) is 19.5. The molecular formula is C22H27N3O5S2. The minimum Gasteiger partial charge on any atom is -0.494 e. The van der Waals surface area contributed by atoms with Crippen LogP contribution in [0.2, 0.25) is 0 Å². The summed E-state index contributed by atoms with van der Waals surface area (Å²) in [6, 6.07) is 9.59. The fourth-order valence-corrected chi connectivity index (χ4v) is 4.78. The number of Topliss-reactive ketones (excluding diaryl/α,β-unsaturated/α-hetero) is 1. The van der Waals surface area contributed by atoms with E-state index in [1.54, 1.807) is 12.1 Å². The number of carbonyl (C=O) groups excluding carboxylic acids is 2. The van der Waals surface area contributed by atoms with Gasteiger partial charge in [-0.1, -0.05) is 18.2 Å². The van der Waals surface area contributed by atoms with Gasteiger partial charge in [0.15, 0.2) is 10.9 Å². The molecule has 1 unspecified atom stereocenters. The number of nitrogens with one attached hydrogen (secondary N) is 2. The number of ketones is 1. The molecule has 0 radical (unpaired) electrons. The molecule has 2 N–H and O–H groups in total. The maximum atomic E-state index is 12.6. The summed E-state index contributed by atoms with van der Waals surface area (Å²) < 4.78 is 33.4. The highest BCUT2D eigenvalue weighted by Crippen LogP contribution is 2.20. The second-order valence-corrected chi connectivity index (χ2v) is 10.3. The predicted molar refractivity (Wildman–Crippen MR) is 125 cm³/mol. The first-order chi connectivity index (χ1) is 15.3. The Bertz CT molecular complexity index is 1020. The number of sulfonamides is 1. The molecule has 0 aliphatic carbocycles. The largest absolute Gasteiger partial charge is 0.494 e. The molecule has 1 saturated heterocycles. The molecule has 1 aliphatic rings. The highest BCUT2D eigenvalue weighted by atomic mass is 32.2. The zero-order valence-electron chi connectivity index (χ0n) is 17.9. The second kappa shape index (κ2) is 11.4. The van der Waals surface area contributed by atoms with Gasteiger partial charge < -0.3 is 10.1 Å². The summed E-state index contributed by atoms with van der Waals surface area (Å²) in [6.45, 7) is 3.01. The van der Waals surface area contributed by atoms with Crippen LogP contribution in [-0.4, -0.2) is 49.2 Å². The second-order valence-electron chi connectivity index (χ2n) is 7.50. The van der Waals surface area contributed by atoms with E-state index in [0.717, 1.165) is 31.1 Å². The van der Waals surface area contributed by atoms with Crippen LogP contribution in [0.3, 0.4) is 0 Å². The van der Waals surface area contributed by atoms with Gasteiger partial charge in [0, 0.05) is 24.7 Å². The van der Waals surface area contributed by atoms with E-state index in [-0.39, 0.29) is 27.4 Å². The smallest absolute Gasteiger partial charge is 0.263 e. The van der Waals surface area contributed by atoms with E-state index in [2.05, 4.69) is 15.0 Å². The van der Waals surface area contributed by atoms with Crippen LogP contribution in [0, 0.1) is 0 Å². The minimum atomic E-state index is -3.83. The number of piperidine rings is 1. The average molecular weight is 478 g/mol. The molecule has 0 saturated carbocycles. The van der Waals surface area contributed by atoms with E-state index < -0.39 is 10.0 Å². The highest BCUT2D eigenvalue weighted by Gasteiger charge is 2.16. The molecule has 1 fully saturated rings. The molecule has 2 aromatic rings. The Kier molecular flexibility index (Phi) is 8.66. The van der Waals surface area contributed by atoms with Crippen molar-refractivity contribution in [3.63, 3.8) is 0 Å². The van der Waals surface area contributed by atoms with Crippen LogP contribution in [0.15, 0.2) is 47.5 Å². The number of nitrogens with zero attached hydrogens (tertiary/aromatic N) is 1. The first-order valence-electron chi connectivity index (χ1n) is 10.5. The van der Waals surface area contributed by atoms with Crippen molar-refractivity contribution in [3.05, 3.63) is 48.2 Å². The quantitative estimate of drug-likeness (QED) is 0.501. The summed E-state index contributed by atoms with van der Waals surface area (Å²) in [5, 5.41) is 3.33. The number of hydrogen-bond acceptors (Lipinski definition) is 8. The van der Waals surface area contributed by atoms with Crippen molar-refractivity contribution >= 4 is 38.5 Å². The van der Waals surface area contributed by atoms with Crippen molar-refractivity contribution in [3.8, 4) is 5.75 Å². The minimum absolute atomic E-state index is 0.0215. The third-order valence-corrected chi connectivity index (χ3v) is 7.20. The van der Waals surface area contributed by atoms with Crippen LogP contribution in [0.5, 0.6) is 5.75 Å². The van der Waals surface area contributed by atoms with Gasteiger partial charge in [-0.3, -0.25) is 14.3 Å². The van der Waals surface area contributed by atoms with Crippen molar-refractivity contribution in [2.75, 3.05) is 23.6 Å². The molecule has 32 heavy (non-hydrogen) atoms. The van der Waals surface area contributed by atoms with E-state index >= 15 is 0 Å². The van der Waals surface area contributed by atoms with E-state index in [1.807, 2.05) is 0 Å². The summed E-state index contributed by atoms with van der Waals surface area (Å²) in [7, 11) is -3.83. The van der Waals surface area contributed by atoms with Crippen LogP contribution in [0.4, 0.5) is 5.82 Å². The van der Waals surface area contributed by atoms with Crippen LogP contribution in [-0.2, 0) is 14.8 Å². The lowest BCUT2D eigenvalue weighted by Crippen LogP contribution is -2.35. The van der Waals surface area contributed by atoms with Crippen LogP contribution < -0.4 is 14.8 Å². The molecular weight excluding hydrogens is 450 g/mol. The number of carbonyl (C=O) groups is 2. The van der Waals surface area contributed by atoms with Crippen molar-refractivity contribution in [1.82, 2.24) is 10.3 Å². The van der Waals surface area contributed by atoms with Gasteiger partial charge in [-0.2, -0.15) is 0 Å². The van der Waals surface area contributed by atoms with Crippen molar-refractivity contribution in [1.29, 1.82) is 0 Å². The highest BCUT2D eigenvalue weighted by molar-refractivity contribution is 8.14. The number of thioether (sulfide) groups is 1. The van der Waals surface area contributed by atoms with Gasteiger partial charge in [-0.15, -0.1) is 0 Å². The van der Waals surface area contributed by atoms with Gasteiger partial charge in [0.25, 0.3) is 10.0 Å². The topological polar surface area (TPSA) is 114 Å². The SMILES string of the molecule is CC(=O)SCC(=O)c1ccc(NS(=O)(=O)c2ccc(OCCC3CCCCN3)cc2)nc1. The summed E-state index contributed by atoms with van der Waals surface area (Å²) in [5.74, 6) is 0.487. The van der Waals surface area contributed by atoms with Crippen molar-refractivity contribution in [2.24, 2.45) is 0 Å². The normalized spacial score (nSPS) is 16.3. The molecule has 0 spiro atoms. The molecule has 1 atom stereocenters. The number of benzene rings is 1. The number of ether oxygens (including phenoxy) is 1. The van der Waals surface area contributed by atoms with Crippen LogP contribution >= 0.6 is 11.8 Å². The first-order valence-corrected chi connectivity index (χ1v) is 12.9. The average Bonchev–Trinajstić information content (AvgIpc) is 2.79. The van der Waals surface area contributed by atoms with Crippen LogP contribution in [0.25, 0.3) is 0 Å². The lowest BCUT2D eigenvalue weighted by Gasteiger charge is -2.23. The van der Waals surface area contributed by atoms with E-state index in [0.29, 0.717) is 24.0 Å². The molecule has 8 nitrogen and oxygen atoms in total. The molecule has 3 rings (SSSR count). The van der Waals surface area contributed by atoms with E-state index in [1.165, 1.54) is 50.2 Å². The molecule has 1 aromatic heterocycles. The molecule has 1 aliphatic heterocycles. The Morgan fingerprint density at radius 2 is 1.97 bits per heavy atom. The van der Waals surface area contributed by atoms with E-state index in [9.17, 15) is 18.0 Å². The maximum absolute atomic E-state index is 12.6. The molecule has 2 heterocycles. The lowest BCUT2D eigenvalue weighted by molar-refractivity contribution is -0.109. The van der Waals surface area contributed by atoms with Crippen molar-refractivity contribution in [2.45, 2.75) is 43.5 Å². The van der Waals surface area contributed by atoms with Gasteiger partial charge >= 0.3 is 0 Å². The Hall–Kier alpha value is -2.43. The molecule has 10 heteroatoms. The molecule has 1 aromatic carbocycles. The fourth-order valence-electron chi connectivity index (χ4n) is 3.27. The van der Waals surface area contributed by atoms with Gasteiger partial charge in [0.2, 0.25) is 0 Å². The standard InChI is InChI=1S/C22H27N3O5S2/c1-16(26)31-15-21(27)17-5-10-22(24-14-17)25-32(28,29)20-8-6-19(7-9-20)30-13-11-18-4-2-3-12-23-18/h5-10,14,18,23H,2-4,11-13,15H2,1H3,(H,24,25). The summed E-state index contributed by atoms with van der Waals surface area (Å²) in [4.78, 5) is 27.1. The van der Waals surface area contributed by atoms with E-state index in [4.69, 9.17) is 4.74 Å². The lowest BCUT2D eigenvalue weighted by atomic mass is 10.0. The summed E-state index contributed by atoms with van der Waals surface area (Å²) >= 11 is 0.918. The van der Waals surface area contributed by atoms with Crippen molar-refractivity contribution < 1.29 is 22.7 Å². The Labute approximate surface area is 192 Å². The number of rotatable bonds is 10. The van der Waals surface area contributed by atoms with Crippen LogP contribution in [0.1, 0.15) is 43.0 Å². The maximum Gasteiger partial charge on any atom is 0.263 e. The molecule has 0 amide bonds. The predicted octanol–water partition coefficient (Wildman–Crippen LogP) is 3.26. The number of anilines is 1. The Morgan fingerprint density at radius 1 is 1.19 bits per heavy atom. The number of pyridine rings is 1. The fraction of sp³-hybridized carbons (Fsp3) is 0.409. The Morgan fingerprint density at radius 3 is 2.59 bits per heavy atom. The Balaban J connectivity index is 1.53. The first kappa shape index (κ1) is 24.2. The number of aromatic nitrogens is 1.